The van der Waals surface area contributed by atoms with Crippen molar-refractivity contribution in [2.45, 2.75) is 6.92 Å². The van der Waals surface area contributed by atoms with Crippen LogP contribution in [0, 0.1) is 6.92 Å². The Labute approximate surface area is 129 Å². The molecule has 0 N–H and O–H groups in total. The highest BCUT2D eigenvalue weighted by Crippen LogP contribution is 2.34. The Bertz CT molecular complexity index is 803. The summed E-state index contributed by atoms with van der Waals surface area (Å²) in [6.07, 6.45) is 1.37. The Kier molecular flexibility index (Phi) is 3.41. The van der Waals surface area contributed by atoms with Crippen LogP contribution in [0.4, 0.5) is 0 Å². The van der Waals surface area contributed by atoms with Crippen molar-refractivity contribution in [1.29, 1.82) is 0 Å². The molecule has 0 aliphatic heterocycles. The zero-order valence-electron chi connectivity index (χ0n) is 10.1. The average Bonchev–Trinajstić information content (AvgIpc) is 2.86. The Balaban J connectivity index is 2.17. The Hall–Kier alpha value is -1.56. The van der Waals surface area contributed by atoms with Crippen LogP contribution in [0.1, 0.15) is 5.56 Å². The predicted molar refractivity (Wildman–Crippen MR) is 77.1 cm³/mol. The molecule has 102 valence electrons. The second kappa shape index (κ2) is 5.09. The third-order valence-electron chi connectivity index (χ3n) is 2.65. The summed E-state index contributed by atoms with van der Waals surface area (Å²) >= 11 is 18.1. The summed E-state index contributed by atoms with van der Waals surface area (Å²) in [5.41, 5.74) is 0.626. The van der Waals surface area contributed by atoms with Gasteiger partial charge in [-0.05, 0) is 19.1 Å². The summed E-state index contributed by atoms with van der Waals surface area (Å²) in [4.78, 5) is 8.07. The molecule has 20 heavy (non-hydrogen) atoms. The first-order chi connectivity index (χ1) is 9.56. The zero-order valence-corrected chi connectivity index (χ0v) is 12.4. The molecule has 8 heteroatoms. The molecule has 0 saturated heterocycles. The lowest BCUT2D eigenvalue weighted by Crippen LogP contribution is -2.01. The van der Waals surface area contributed by atoms with Gasteiger partial charge in [0.1, 0.15) is 17.2 Å². The minimum Gasteiger partial charge on any atom is -0.437 e. The number of halogens is 3. The van der Waals surface area contributed by atoms with Gasteiger partial charge in [0.15, 0.2) is 0 Å². The fourth-order valence-electron chi connectivity index (χ4n) is 1.65. The Morgan fingerprint density at radius 3 is 2.80 bits per heavy atom. The number of fused-ring (bicyclic) bond motifs is 1. The van der Waals surface area contributed by atoms with E-state index < -0.39 is 0 Å². The molecule has 0 spiro atoms. The average molecular weight is 330 g/mol. The molecule has 0 amide bonds. The van der Waals surface area contributed by atoms with Crippen molar-refractivity contribution in [3.8, 4) is 11.6 Å². The van der Waals surface area contributed by atoms with Crippen LogP contribution in [0.5, 0.6) is 11.6 Å². The smallest absolute Gasteiger partial charge is 0.256 e. The van der Waals surface area contributed by atoms with E-state index in [9.17, 15) is 0 Å². The standard InChI is InChI=1S/C12H7Cl3N4O/c1-6-10(15)18-12-16-5-17-19(12)11(6)20-9-4-7(13)2-3-8(9)14/h2-5H,1H3. The third kappa shape index (κ3) is 2.28. The molecule has 0 fully saturated rings. The molecule has 0 atom stereocenters. The van der Waals surface area contributed by atoms with E-state index in [1.807, 2.05) is 0 Å². The Morgan fingerprint density at radius 1 is 1.20 bits per heavy atom. The summed E-state index contributed by atoms with van der Waals surface area (Å²) in [5.74, 6) is 1.14. The van der Waals surface area contributed by atoms with Crippen LogP contribution in [0.25, 0.3) is 5.78 Å². The lowest BCUT2D eigenvalue weighted by Gasteiger charge is -2.11. The number of aromatic nitrogens is 4. The zero-order chi connectivity index (χ0) is 14.3. The van der Waals surface area contributed by atoms with Gasteiger partial charge in [-0.3, -0.25) is 0 Å². The molecular formula is C12H7Cl3N4O. The van der Waals surface area contributed by atoms with Crippen LogP contribution in [0.2, 0.25) is 15.2 Å². The van der Waals surface area contributed by atoms with Crippen LogP contribution in [0.3, 0.4) is 0 Å². The number of rotatable bonds is 2. The van der Waals surface area contributed by atoms with Gasteiger partial charge in [0.05, 0.1) is 5.02 Å². The summed E-state index contributed by atoms with van der Waals surface area (Å²) in [5, 5.41) is 5.28. The first kappa shape index (κ1) is 13.4. The molecule has 0 bridgehead atoms. The maximum Gasteiger partial charge on any atom is 0.256 e. The molecule has 3 rings (SSSR count). The van der Waals surface area contributed by atoms with Gasteiger partial charge >= 0.3 is 0 Å². The molecule has 0 saturated carbocycles. The van der Waals surface area contributed by atoms with Crippen molar-refractivity contribution >= 4 is 40.6 Å². The fourth-order valence-corrected chi connectivity index (χ4v) is 2.13. The number of benzene rings is 1. The Morgan fingerprint density at radius 2 is 2.00 bits per heavy atom. The maximum absolute atomic E-state index is 6.09. The number of ether oxygens (including phenoxy) is 1. The molecule has 5 nitrogen and oxygen atoms in total. The highest BCUT2D eigenvalue weighted by atomic mass is 35.5. The fraction of sp³-hybridized carbons (Fsp3) is 0.0833. The highest BCUT2D eigenvalue weighted by molar-refractivity contribution is 6.34. The molecular weight excluding hydrogens is 323 g/mol. The van der Waals surface area contributed by atoms with E-state index in [2.05, 4.69) is 15.1 Å². The van der Waals surface area contributed by atoms with E-state index in [4.69, 9.17) is 39.5 Å². The SMILES string of the molecule is Cc1c(Cl)nc2ncnn2c1Oc1cc(Cl)ccc1Cl. The molecule has 0 aliphatic carbocycles. The van der Waals surface area contributed by atoms with Crippen LogP contribution in [-0.4, -0.2) is 19.6 Å². The number of hydrogen-bond acceptors (Lipinski definition) is 4. The van der Waals surface area contributed by atoms with E-state index in [1.54, 1.807) is 25.1 Å². The van der Waals surface area contributed by atoms with E-state index >= 15 is 0 Å². The number of nitrogens with zero attached hydrogens (tertiary/aromatic N) is 4. The van der Waals surface area contributed by atoms with Crippen LogP contribution in [0.15, 0.2) is 24.5 Å². The number of hydrogen-bond donors (Lipinski definition) is 0. The predicted octanol–water partition coefficient (Wildman–Crippen LogP) is 4.19. The lowest BCUT2D eigenvalue weighted by atomic mass is 10.3. The quantitative estimate of drug-likeness (QED) is 0.662. The monoisotopic (exact) mass is 328 g/mol. The summed E-state index contributed by atoms with van der Waals surface area (Å²) in [6, 6.07) is 4.94. The van der Waals surface area contributed by atoms with Crippen molar-refractivity contribution < 1.29 is 4.74 Å². The summed E-state index contributed by atoms with van der Waals surface area (Å²) in [6.45, 7) is 1.77. The largest absolute Gasteiger partial charge is 0.437 e. The highest BCUT2D eigenvalue weighted by Gasteiger charge is 2.15. The molecule has 2 aromatic heterocycles. The molecule has 3 aromatic rings. The lowest BCUT2D eigenvalue weighted by molar-refractivity contribution is 0.442. The van der Waals surface area contributed by atoms with Crippen LogP contribution >= 0.6 is 34.8 Å². The van der Waals surface area contributed by atoms with Gasteiger partial charge in [0, 0.05) is 16.7 Å². The van der Waals surface area contributed by atoms with Crippen molar-refractivity contribution in [2.24, 2.45) is 0 Å². The first-order valence-corrected chi connectivity index (χ1v) is 6.68. The van der Waals surface area contributed by atoms with Gasteiger partial charge in [0.2, 0.25) is 5.88 Å². The molecule has 2 heterocycles. The van der Waals surface area contributed by atoms with Crippen molar-refractivity contribution in [1.82, 2.24) is 19.6 Å². The van der Waals surface area contributed by atoms with Gasteiger partial charge in [-0.25, -0.2) is 0 Å². The van der Waals surface area contributed by atoms with Gasteiger partial charge < -0.3 is 4.74 Å². The first-order valence-electron chi connectivity index (χ1n) is 5.55. The van der Waals surface area contributed by atoms with Crippen molar-refractivity contribution in [3.05, 3.63) is 45.3 Å². The molecule has 0 radical (unpaired) electrons. The van der Waals surface area contributed by atoms with E-state index in [0.717, 1.165) is 0 Å². The van der Waals surface area contributed by atoms with Gasteiger partial charge in [0.25, 0.3) is 5.78 Å². The van der Waals surface area contributed by atoms with Crippen LogP contribution < -0.4 is 4.74 Å². The van der Waals surface area contributed by atoms with Gasteiger partial charge in [-0.2, -0.15) is 19.6 Å². The molecule has 0 aliphatic rings. The van der Waals surface area contributed by atoms with E-state index in [0.29, 0.717) is 38.2 Å². The van der Waals surface area contributed by atoms with Crippen molar-refractivity contribution in [2.75, 3.05) is 0 Å². The van der Waals surface area contributed by atoms with Crippen LogP contribution in [-0.2, 0) is 0 Å². The summed E-state index contributed by atoms with van der Waals surface area (Å²) < 4.78 is 7.24. The van der Waals surface area contributed by atoms with E-state index in [1.165, 1.54) is 10.8 Å². The second-order valence-electron chi connectivity index (χ2n) is 3.98. The third-order valence-corrected chi connectivity index (χ3v) is 3.57. The summed E-state index contributed by atoms with van der Waals surface area (Å²) in [7, 11) is 0. The second-order valence-corrected chi connectivity index (χ2v) is 5.18. The topological polar surface area (TPSA) is 52.3 Å². The minimum absolute atomic E-state index is 0.290. The minimum atomic E-state index is 0.290. The van der Waals surface area contributed by atoms with Crippen molar-refractivity contribution in [3.63, 3.8) is 0 Å². The van der Waals surface area contributed by atoms with Gasteiger partial charge in [-0.15, -0.1) is 0 Å². The maximum atomic E-state index is 6.09. The molecule has 0 unspecified atom stereocenters. The van der Waals surface area contributed by atoms with E-state index in [-0.39, 0.29) is 0 Å². The molecule has 1 aromatic carbocycles. The van der Waals surface area contributed by atoms with Gasteiger partial charge in [-0.1, -0.05) is 34.8 Å². The normalized spacial score (nSPS) is 11.0.